The number of rotatable bonds is 3. The van der Waals surface area contributed by atoms with Crippen LogP contribution < -0.4 is 10.3 Å². The lowest BCUT2D eigenvalue weighted by Crippen LogP contribution is -2.10. The van der Waals surface area contributed by atoms with Crippen molar-refractivity contribution < 1.29 is 13.9 Å². The van der Waals surface area contributed by atoms with Gasteiger partial charge in [-0.15, -0.1) is 0 Å². The number of pyridine rings is 1. The quantitative estimate of drug-likeness (QED) is 0.886. The summed E-state index contributed by atoms with van der Waals surface area (Å²) in [6.07, 6.45) is 0. The lowest BCUT2D eigenvalue weighted by atomic mass is 10.2. The van der Waals surface area contributed by atoms with Crippen molar-refractivity contribution in [3.63, 3.8) is 0 Å². The van der Waals surface area contributed by atoms with Gasteiger partial charge in [-0.1, -0.05) is 0 Å². The van der Waals surface area contributed by atoms with E-state index in [2.05, 4.69) is 20.9 Å². The summed E-state index contributed by atoms with van der Waals surface area (Å²) < 4.78 is 23.8. The minimum atomic E-state index is -0.826. The van der Waals surface area contributed by atoms with Gasteiger partial charge in [0.25, 0.3) is 5.56 Å². The lowest BCUT2D eigenvalue weighted by Gasteiger charge is -2.07. The average molecular weight is 302 g/mol. The van der Waals surface area contributed by atoms with Crippen molar-refractivity contribution in [1.29, 1.82) is 0 Å². The van der Waals surface area contributed by atoms with Crippen LogP contribution in [0.1, 0.15) is 0 Å². The van der Waals surface area contributed by atoms with Crippen LogP contribution in [-0.4, -0.2) is 18.9 Å². The molecule has 0 amide bonds. The van der Waals surface area contributed by atoms with E-state index in [4.69, 9.17) is 9.47 Å². The summed E-state index contributed by atoms with van der Waals surface area (Å²) >= 11 is 3.28. The summed E-state index contributed by atoms with van der Waals surface area (Å²) in [4.78, 5) is 13.6. The Labute approximate surface area is 104 Å². The van der Waals surface area contributed by atoms with E-state index in [-0.39, 0.29) is 6.79 Å². The van der Waals surface area contributed by atoms with Gasteiger partial charge in [0.15, 0.2) is 12.6 Å². The molecule has 2 aromatic rings. The van der Waals surface area contributed by atoms with Gasteiger partial charge in [0.1, 0.15) is 5.75 Å². The van der Waals surface area contributed by atoms with Crippen LogP contribution in [0.3, 0.4) is 0 Å². The van der Waals surface area contributed by atoms with Gasteiger partial charge in [-0.25, -0.2) is 4.39 Å². The molecule has 1 aromatic heterocycles. The van der Waals surface area contributed by atoms with E-state index in [1.165, 1.54) is 13.2 Å². The number of halogens is 2. The summed E-state index contributed by atoms with van der Waals surface area (Å²) in [7, 11) is 1.51. The zero-order chi connectivity index (χ0) is 12.4. The number of H-pyrrole nitrogens is 1. The molecule has 0 radical (unpaired) electrons. The maximum absolute atomic E-state index is 13.1. The molecule has 1 N–H and O–H groups in total. The Kier molecular flexibility index (Phi) is 3.44. The van der Waals surface area contributed by atoms with E-state index in [1.807, 2.05) is 0 Å². The molecule has 0 aliphatic carbocycles. The standard InChI is InChI=1S/C11H9BrFNO3/c1-16-5-17-7-2-6-3-9(13)11(15)14-10(6)8(12)4-7/h2-4H,5H2,1H3,(H,14,15). The van der Waals surface area contributed by atoms with E-state index in [0.29, 0.717) is 21.1 Å². The Hall–Kier alpha value is -1.40. The van der Waals surface area contributed by atoms with Gasteiger partial charge < -0.3 is 14.5 Å². The Morgan fingerprint density at radius 2 is 2.18 bits per heavy atom. The molecule has 17 heavy (non-hydrogen) atoms. The van der Waals surface area contributed by atoms with E-state index in [9.17, 15) is 9.18 Å². The third-order valence-electron chi connectivity index (χ3n) is 2.18. The van der Waals surface area contributed by atoms with Crippen LogP contribution in [0.15, 0.2) is 27.5 Å². The van der Waals surface area contributed by atoms with Crippen LogP contribution in [-0.2, 0) is 4.74 Å². The first-order valence-electron chi connectivity index (χ1n) is 4.75. The second kappa shape index (κ2) is 4.85. The van der Waals surface area contributed by atoms with E-state index in [0.717, 1.165) is 0 Å². The van der Waals surface area contributed by atoms with Gasteiger partial charge in [-0.05, 0) is 34.1 Å². The van der Waals surface area contributed by atoms with E-state index >= 15 is 0 Å². The highest BCUT2D eigenvalue weighted by Gasteiger charge is 2.07. The number of nitrogens with one attached hydrogen (secondary N) is 1. The molecule has 0 unspecified atom stereocenters. The van der Waals surface area contributed by atoms with Gasteiger partial charge in [-0.2, -0.15) is 0 Å². The van der Waals surface area contributed by atoms with E-state index < -0.39 is 11.4 Å². The van der Waals surface area contributed by atoms with Crippen molar-refractivity contribution >= 4 is 26.8 Å². The third-order valence-corrected chi connectivity index (χ3v) is 2.80. The van der Waals surface area contributed by atoms with Gasteiger partial charge in [0.05, 0.1) is 5.52 Å². The largest absolute Gasteiger partial charge is 0.468 e. The zero-order valence-corrected chi connectivity index (χ0v) is 10.5. The molecule has 0 atom stereocenters. The fraction of sp³-hybridized carbons (Fsp3) is 0.182. The fourth-order valence-electron chi connectivity index (χ4n) is 1.43. The molecule has 0 saturated carbocycles. The van der Waals surface area contributed by atoms with Crippen molar-refractivity contribution in [1.82, 2.24) is 4.98 Å². The minimum Gasteiger partial charge on any atom is -0.468 e. The first kappa shape index (κ1) is 12.1. The molecule has 4 nitrogen and oxygen atoms in total. The van der Waals surface area contributed by atoms with Gasteiger partial charge in [0.2, 0.25) is 0 Å². The molecule has 0 spiro atoms. The Bertz CT molecular complexity index is 611. The smallest absolute Gasteiger partial charge is 0.284 e. The molecular weight excluding hydrogens is 293 g/mol. The molecule has 2 rings (SSSR count). The zero-order valence-electron chi connectivity index (χ0n) is 8.92. The Morgan fingerprint density at radius 1 is 1.41 bits per heavy atom. The minimum absolute atomic E-state index is 0.101. The summed E-state index contributed by atoms with van der Waals surface area (Å²) in [6, 6.07) is 4.46. The predicted octanol–water partition coefficient (Wildman–Crippen LogP) is 2.41. The van der Waals surface area contributed by atoms with Crippen LogP contribution in [0.4, 0.5) is 4.39 Å². The Morgan fingerprint density at radius 3 is 2.88 bits per heavy atom. The number of methoxy groups -OCH3 is 1. The fourth-order valence-corrected chi connectivity index (χ4v) is 1.99. The number of aromatic nitrogens is 1. The lowest BCUT2D eigenvalue weighted by molar-refractivity contribution is 0.0512. The molecule has 0 fully saturated rings. The molecule has 6 heteroatoms. The number of ether oxygens (including phenoxy) is 2. The van der Waals surface area contributed by atoms with Crippen molar-refractivity contribution in [3.05, 3.63) is 38.8 Å². The number of aromatic amines is 1. The first-order chi connectivity index (χ1) is 8.11. The topological polar surface area (TPSA) is 51.3 Å². The molecule has 0 aliphatic heterocycles. The monoisotopic (exact) mass is 301 g/mol. The van der Waals surface area contributed by atoms with Gasteiger partial charge >= 0.3 is 0 Å². The highest BCUT2D eigenvalue weighted by Crippen LogP contribution is 2.27. The maximum atomic E-state index is 13.1. The summed E-state index contributed by atoms with van der Waals surface area (Å²) in [5, 5.41) is 0.544. The highest BCUT2D eigenvalue weighted by atomic mass is 79.9. The Balaban J connectivity index is 2.56. The second-order valence-corrected chi connectivity index (χ2v) is 4.22. The summed E-state index contributed by atoms with van der Waals surface area (Å²) in [5.41, 5.74) is -0.218. The van der Waals surface area contributed by atoms with Crippen LogP contribution in [0, 0.1) is 5.82 Å². The number of fused-ring (bicyclic) bond motifs is 1. The highest BCUT2D eigenvalue weighted by molar-refractivity contribution is 9.10. The molecular formula is C11H9BrFNO3. The number of hydrogen-bond donors (Lipinski definition) is 1. The van der Waals surface area contributed by atoms with Crippen LogP contribution in [0.2, 0.25) is 0 Å². The maximum Gasteiger partial charge on any atom is 0.284 e. The van der Waals surface area contributed by atoms with E-state index in [1.54, 1.807) is 12.1 Å². The normalized spacial score (nSPS) is 10.8. The number of hydrogen-bond acceptors (Lipinski definition) is 3. The molecule has 0 bridgehead atoms. The predicted molar refractivity (Wildman–Crippen MR) is 64.7 cm³/mol. The molecule has 0 saturated heterocycles. The van der Waals surface area contributed by atoms with Crippen LogP contribution >= 0.6 is 15.9 Å². The van der Waals surface area contributed by atoms with Gasteiger partial charge in [-0.3, -0.25) is 4.79 Å². The second-order valence-electron chi connectivity index (χ2n) is 3.37. The summed E-state index contributed by atoms with van der Waals surface area (Å²) in [6.45, 7) is 0.101. The van der Waals surface area contributed by atoms with Crippen molar-refractivity contribution in [3.8, 4) is 5.75 Å². The van der Waals surface area contributed by atoms with Crippen molar-refractivity contribution in [2.24, 2.45) is 0 Å². The van der Waals surface area contributed by atoms with Crippen molar-refractivity contribution in [2.75, 3.05) is 13.9 Å². The molecule has 1 aromatic carbocycles. The molecule has 1 heterocycles. The number of benzene rings is 1. The van der Waals surface area contributed by atoms with Crippen LogP contribution in [0.5, 0.6) is 5.75 Å². The SMILES string of the molecule is COCOc1cc(Br)c2[nH]c(=O)c(F)cc2c1. The van der Waals surface area contributed by atoms with Crippen molar-refractivity contribution in [2.45, 2.75) is 0 Å². The molecule has 90 valence electrons. The van der Waals surface area contributed by atoms with Gasteiger partial charge in [0, 0.05) is 17.0 Å². The summed E-state index contributed by atoms with van der Waals surface area (Å²) in [5.74, 6) is -0.300. The first-order valence-corrected chi connectivity index (χ1v) is 5.55. The van der Waals surface area contributed by atoms with Crippen LogP contribution in [0.25, 0.3) is 10.9 Å². The average Bonchev–Trinajstić information content (AvgIpc) is 2.29. The third kappa shape index (κ3) is 2.48. The molecule has 0 aliphatic rings.